The second-order valence-corrected chi connectivity index (χ2v) is 11.0. The minimum absolute atomic E-state index is 0.292. The number of nitrogens with one attached hydrogen (secondary N) is 2. The number of anilines is 2. The molecule has 0 bridgehead atoms. The lowest BCUT2D eigenvalue weighted by molar-refractivity contribution is -0.113. The predicted molar refractivity (Wildman–Crippen MR) is 162 cm³/mol. The van der Waals surface area contributed by atoms with Gasteiger partial charge < -0.3 is 20.1 Å². The number of carbonyl (C=O) groups is 2. The van der Waals surface area contributed by atoms with Crippen molar-refractivity contribution in [1.29, 1.82) is 0 Å². The largest absolute Gasteiger partial charge is 0.497 e. The number of rotatable bonds is 9. The van der Waals surface area contributed by atoms with E-state index in [0.717, 1.165) is 21.3 Å². The van der Waals surface area contributed by atoms with Gasteiger partial charge in [0.25, 0.3) is 5.91 Å². The van der Waals surface area contributed by atoms with Crippen LogP contribution in [0.5, 0.6) is 5.75 Å². The highest BCUT2D eigenvalue weighted by atomic mass is 79.9. The molecule has 0 aliphatic carbocycles. The summed E-state index contributed by atoms with van der Waals surface area (Å²) < 4.78 is 13.1. The summed E-state index contributed by atoms with van der Waals surface area (Å²) in [4.78, 5) is 30.5. The molecular formula is C30H28BrN5O4S. The van der Waals surface area contributed by atoms with Crippen LogP contribution >= 0.6 is 27.7 Å². The molecule has 1 unspecified atom stereocenters. The molecule has 41 heavy (non-hydrogen) atoms. The summed E-state index contributed by atoms with van der Waals surface area (Å²) in [6.45, 7) is 3.90. The number of halogens is 1. The van der Waals surface area contributed by atoms with Crippen molar-refractivity contribution in [3.8, 4) is 5.75 Å². The number of esters is 1. The van der Waals surface area contributed by atoms with E-state index < -0.39 is 12.0 Å². The smallest absolute Gasteiger partial charge is 0.338 e. The van der Waals surface area contributed by atoms with Crippen molar-refractivity contribution < 1.29 is 19.1 Å². The van der Waals surface area contributed by atoms with Gasteiger partial charge in [0.05, 0.1) is 24.9 Å². The van der Waals surface area contributed by atoms with Crippen LogP contribution in [0.4, 0.5) is 11.6 Å². The first-order chi connectivity index (χ1) is 19.9. The van der Waals surface area contributed by atoms with E-state index in [4.69, 9.17) is 19.6 Å². The van der Waals surface area contributed by atoms with Crippen molar-refractivity contribution >= 4 is 51.2 Å². The first kappa shape index (κ1) is 28.4. The molecule has 210 valence electrons. The maximum Gasteiger partial charge on any atom is 0.338 e. The maximum atomic E-state index is 13.7. The number of allylic oxidation sites excluding steroid dienone is 1. The van der Waals surface area contributed by atoms with E-state index >= 15 is 0 Å². The van der Waals surface area contributed by atoms with E-state index in [-0.39, 0.29) is 5.91 Å². The van der Waals surface area contributed by atoms with E-state index in [2.05, 4.69) is 26.6 Å². The van der Waals surface area contributed by atoms with Crippen LogP contribution < -0.4 is 15.4 Å². The van der Waals surface area contributed by atoms with Gasteiger partial charge in [0.15, 0.2) is 0 Å². The van der Waals surface area contributed by atoms with Crippen molar-refractivity contribution in [2.75, 3.05) is 24.4 Å². The summed E-state index contributed by atoms with van der Waals surface area (Å²) in [6.07, 6.45) is 0. The Morgan fingerprint density at radius 2 is 1.85 bits per heavy atom. The number of benzene rings is 3. The van der Waals surface area contributed by atoms with Gasteiger partial charge in [0.2, 0.25) is 11.1 Å². The van der Waals surface area contributed by atoms with Crippen LogP contribution in [-0.2, 0) is 15.3 Å². The van der Waals surface area contributed by atoms with Crippen LogP contribution in [0.2, 0.25) is 0 Å². The van der Waals surface area contributed by atoms with E-state index in [1.54, 1.807) is 43.0 Å². The Morgan fingerprint density at radius 3 is 2.56 bits per heavy atom. The number of nitrogens with zero attached hydrogens (tertiary/aromatic N) is 3. The number of ether oxygens (including phenoxy) is 2. The molecular weight excluding hydrogens is 606 g/mol. The fraction of sp³-hybridized carbons (Fsp3) is 0.200. The van der Waals surface area contributed by atoms with Gasteiger partial charge in [-0.2, -0.15) is 4.98 Å². The third kappa shape index (κ3) is 6.47. The summed E-state index contributed by atoms with van der Waals surface area (Å²) in [6, 6.07) is 21.8. The minimum Gasteiger partial charge on any atom is -0.497 e. The normalized spacial score (nSPS) is 14.2. The Balaban J connectivity index is 1.42. The van der Waals surface area contributed by atoms with Gasteiger partial charge in [-0.05, 0) is 73.5 Å². The summed E-state index contributed by atoms with van der Waals surface area (Å²) in [5.74, 6) is 1.31. The fourth-order valence-corrected chi connectivity index (χ4v) is 5.49. The van der Waals surface area contributed by atoms with Crippen LogP contribution in [0.1, 0.15) is 41.4 Å². The quantitative estimate of drug-likeness (QED) is 0.160. The Hall–Kier alpha value is -4.09. The molecule has 1 atom stereocenters. The topological polar surface area (TPSA) is 107 Å². The number of methoxy groups -OCH3 is 1. The molecule has 1 aliphatic rings. The van der Waals surface area contributed by atoms with E-state index in [9.17, 15) is 9.59 Å². The molecule has 1 aliphatic heterocycles. The first-order valence-electron chi connectivity index (χ1n) is 12.9. The fourth-order valence-electron chi connectivity index (χ4n) is 4.45. The van der Waals surface area contributed by atoms with Gasteiger partial charge in [-0.3, -0.25) is 4.79 Å². The lowest BCUT2D eigenvalue weighted by Crippen LogP contribution is -2.31. The molecule has 0 radical (unpaired) electrons. The van der Waals surface area contributed by atoms with Gasteiger partial charge in [-0.25, -0.2) is 9.48 Å². The summed E-state index contributed by atoms with van der Waals surface area (Å²) in [5.41, 5.74) is 4.11. The number of hydrogen-bond donors (Lipinski definition) is 2. The molecule has 1 aromatic heterocycles. The lowest BCUT2D eigenvalue weighted by Gasteiger charge is -2.28. The third-order valence-electron chi connectivity index (χ3n) is 6.42. The van der Waals surface area contributed by atoms with Crippen LogP contribution in [-0.4, -0.2) is 40.4 Å². The zero-order valence-electron chi connectivity index (χ0n) is 22.7. The Kier molecular flexibility index (Phi) is 8.75. The molecule has 4 aromatic rings. The maximum absolute atomic E-state index is 13.7. The van der Waals surface area contributed by atoms with E-state index in [0.29, 0.717) is 46.0 Å². The van der Waals surface area contributed by atoms with Crippen LogP contribution in [0.25, 0.3) is 0 Å². The van der Waals surface area contributed by atoms with E-state index in [1.165, 1.54) is 11.8 Å². The zero-order valence-corrected chi connectivity index (χ0v) is 25.1. The van der Waals surface area contributed by atoms with Gasteiger partial charge in [0, 0.05) is 21.6 Å². The second kappa shape index (κ2) is 12.6. The molecule has 0 spiro atoms. The summed E-state index contributed by atoms with van der Waals surface area (Å²) in [7, 11) is 1.65. The molecule has 9 nitrogen and oxygen atoms in total. The first-order valence-corrected chi connectivity index (χ1v) is 14.7. The van der Waals surface area contributed by atoms with Gasteiger partial charge in [-0.15, -0.1) is 5.10 Å². The number of fused-ring (bicyclic) bond motifs is 1. The number of carbonyl (C=O) groups excluding carboxylic acids is 2. The summed E-state index contributed by atoms with van der Waals surface area (Å²) >= 11 is 5.00. The highest BCUT2D eigenvalue weighted by Crippen LogP contribution is 2.37. The van der Waals surface area contributed by atoms with Crippen molar-refractivity contribution in [2.24, 2.45) is 0 Å². The van der Waals surface area contributed by atoms with Crippen molar-refractivity contribution in [3.63, 3.8) is 0 Å². The lowest BCUT2D eigenvalue weighted by atomic mass is 9.95. The standard InChI is InChI=1S/C30H28BrN5O4S/c1-4-40-28(38)21-10-14-23(15-11-21)33-27(37)25-18(2)32-29-34-30(41-17-19-6-5-7-24(16-19)39-3)35-36(29)26(25)20-8-12-22(31)13-9-20/h5-16,26H,4,17H2,1-3H3,(H,33,37)(H,32,34,35). The molecule has 0 saturated carbocycles. The number of thioether (sulfide) groups is 1. The summed E-state index contributed by atoms with van der Waals surface area (Å²) in [5, 5.41) is 11.6. The molecule has 0 saturated heterocycles. The van der Waals surface area contributed by atoms with Crippen LogP contribution in [0, 0.1) is 0 Å². The number of aromatic nitrogens is 3. The molecule has 11 heteroatoms. The average molecular weight is 635 g/mol. The highest BCUT2D eigenvalue weighted by molar-refractivity contribution is 9.10. The van der Waals surface area contributed by atoms with Crippen molar-refractivity contribution in [2.45, 2.75) is 30.8 Å². The monoisotopic (exact) mass is 633 g/mol. The van der Waals surface area contributed by atoms with E-state index in [1.807, 2.05) is 55.5 Å². The molecule has 0 fully saturated rings. The Morgan fingerprint density at radius 1 is 1.10 bits per heavy atom. The minimum atomic E-state index is -0.517. The van der Waals surface area contributed by atoms with Crippen molar-refractivity contribution in [1.82, 2.24) is 14.8 Å². The van der Waals surface area contributed by atoms with Crippen molar-refractivity contribution in [3.05, 3.63) is 105 Å². The molecule has 2 heterocycles. The Bertz CT molecular complexity index is 1600. The zero-order chi connectivity index (χ0) is 28.9. The molecule has 5 rings (SSSR count). The number of hydrogen-bond acceptors (Lipinski definition) is 8. The second-order valence-electron chi connectivity index (χ2n) is 9.17. The molecule has 2 N–H and O–H groups in total. The van der Waals surface area contributed by atoms with Gasteiger partial charge in [-0.1, -0.05) is 52.0 Å². The number of amides is 1. The third-order valence-corrected chi connectivity index (χ3v) is 7.86. The molecule has 1 amide bonds. The SMILES string of the molecule is CCOC(=O)c1ccc(NC(=O)C2=C(C)Nc3nc(SCc4cccc(OC)c4)nn3C2c2ccc(Br)cc2)cc1. The Labute approximate surface area is 250 Å². The van der Waals surface area contributed by atoms with Gasteiger partial charge >= 0.3 is 5.97 Å². The van der Waals surface area contributed by atoms with Crippen LogP contribution in [0.15, 0.2) is 93.7 Å². The predicted octanol–water partition coefficient (Wildman–Crippen LogP) is 6.45. The average Bonchev–Trinajstić information content (AvgIpc) is 3.38. The highest BCUT2D eigenvalue weighted by Gasteiger charge is 2.34. The van der Waals surface area contributed by atoms with Crippen LogP contribution in [0.3, 0.4) is 0 Å². The van der Waals surface area contributed by atoms with Gasteiger partial charge in [0.1, 0.15) is 11.8 Å². The molecule has 3 aromatic carbocycles.